The van der Waals surface area contributed by atoms with Crippen molar-refractivity contribution in [2.45, 2.75) is 32.8 Å². The number of rotatable bonds is 6. The minimum atomic E-state index is -2.65. The van der Waals surface area contributed by atoms with Gasteiger partial charge in [0.15, 0.2) is 0 Å². The minimum Gasteiger partial charge on any atom is -0.466 e. The molecule has 1 atom stereocenters. The second-order valence-corrected chi connectivity index (χ2v) is 2.34. The Balaban J connectivity index is 3.86. The first-order valence-corrected chi connectivity index (χ1v) is 4.17. The highest BCUT2D eigenvalue weighted by atomic mass is 19.3. The summed E-state index contributed by atoms with van der Waals surface area (Å²) in [4.78, 5) is 10.8. The fourth-order valence-corrected chi connectivity index (χ4v) is 0.819. The molecule has 5 heteroatoms. The summed E-state index contributed by atoms with van der Waals surface area (Å²) < 4.78 is 33.5. The molecule has 0 aliphatic rings. The van der Waals surface area contributed by atoms with E-state index < -0.39 is 18.5 Å². The zero-order chi connectivity index (χ0) is 10.3. The molecule has 1 unspecified atom stereocenters. The van der Waals surface area contributed by atoms with E-state index in [1.54, 1.807) is 13.8 Å². The molecule has 3 nitrogen and oxygen atoms in total. The van der Waals surface area contributed by atoms with Crippen molar-refractivity contribution in [2.75, 3.05) is 13.2 Å². The maximum atomic E-state index is 12.2. The van der Waals surface area contributed by atoms with E-state index in [1.807, 2.05) is 0 Å². The van der Waals surface area contributed by atoms with Crippen LogP contribution in [0, 0.1) is 0 Å². The number of alkyl halides is 2. The van der Waals surface area contributed by atoms with E-state index in [4.69, 9.17) is 0 Å². The van der Waals surface area contributed by atoms with Gasteiger partial charge in [0.2, 0.25) is 0 Å². The van der Waals surface area contributed by atoms with Crippen LogP contribution in [0.15, 0.2) is 0 Å². The van der Waals surface area contributed by atoms with Crippen molar-refractivity contribution in [1.29, 1.82) is 0 Å². The molecule has 0 aromatic rings. The molecule has 0 amide bonds. The lowest BCUT2D eigenvalue weighted by molar-refractivity contribution is -0.150. The predicted octanol–water partition coefficient (Wildman–Crippen LogP) is 1.61. The zero-order valence-corrected chi connectivity index (χ0v) is 7.76. The summed E-state index contributed by atoms with van der Waals surface area (Å²) in [5.41, 5.74) is 0. The quantitative estimate of drug-likeness (QED) is 0.605. The third-order valence-corrected chi connectivity index (χ3v) is 1.33. The zero-order valence-electron chi connectivity index (χ0n) is 7.76. The van der Waals surface area contributed by atoms with Crippen LogP contribution in [0.4, 0.5) is 8.78 Å². The van der Waals surface area contributed by atoms with E-state index in [0.29, 0.717) is 0 Å². The Kier molecular flexibility index (Phi) is 6.40. The molecule has 0 rings (SSSR count). The van der Waals surface area contributed by atoms with Gasteiger partial charge >= 0.3 is 5.97 Å². The lowest BCUT2D eigenvalue weighted by Gasteiger charge is -2.14. The van der Waals surface area contributed by atoms with E-state index in [1.165, 1.54) is 0 Å². The van der Waals surface area contributed by atoms with Gasteiger partial charge in [-0.15, -0.1) is 0 Å². The molecular weight excluding hydrogens is 182 g/mol. The van der Waals surface area contributed by atoms with Gasteiger partial charge in [0.05, 0.1) is 13.0 Å². The Hall–Kier alpha value is -0.710. The molecule has 0 aliphatic heterocycles. The van der Waals surface area contributed by atoms with E-state index in [9.17, 15) is 13.6 Å². The summed E-state index contributed by atoms with van der Waals surface area (Å²) in [6.07, 6.45) is -4.38. The van der Waals surface area contributed by atoms with Gasteiger partial charge in [-0.05, 0) is 13.8 Å². The van der Waals surface area contributed by atoms with Gasteiger partial charge in [0, 0.05) is 6.61 Å². The van der Waals surface area contributed by atoms with Gasteiger partial charge < -0.3 is 9.47 Å². The number of hydrogen-bond donors (Lipinski definition) is 0. The summed E-state index contributed by atoms with van der Waals surface area (Å²) in [5.74, 6) is -0.652. The number of carbonyl (C=O) groups excluding carboxylic acids is 1. The largest absolute Gasteiger partial charge is 0.466 e. The molecule has 0 saturated heterocycles. The first-order chi connectivity index (χ1) is 6.11. The third-order valence-electron chi connectivity index (χ3n) is 1.33. The Morgan fingerprint density at radius 3 is 2.31 bits per heavy atom. The van der Waals surface area contributed by atoms with Gasteiger partial charge in [0.1, 0.15) is 6.10 Å². The summed E-state index contributed by atoms with van der Waals surface area (Å²) in [5, 5.41) is 0. The van der Waals surface area contributed by atoms with Crippen LogP contribution >= 0.6 is 0 Å². The van der Waals surface area contributed by atoms with Crippen LogP contribution in [0.2, 0.25) is 0 Å². The molecule has 0 fully saturated rings. The molecule has 0 radical (unpaired) electrons. The summed E-state index contributed by atoms with van der Waals surface area (Å²) in [6, 6.07) is 0. The summed E-state index contributed by atoms with van der Waals surface area (Å²) in [6.45, 7) is 3.58. The van der Waals surface area contributed by atoms with E-state index in [2.05, 4.69) is 9.47 Å². The van der Waals surface area contributed by atoms with Crippen molar-refractivity contribution in [3.8, 4) is 0 Å². The van der Waals surface area contributed by atoms with Crippen molar-refractivity contribution in [3.05, 3.63) is 0 Å². The van der Waals surface area contributed by atoms with Crippen LogP contribution in [0.3, 0.4) is 0 Å². The number of hydrogen-bond acceptors (Lipinski definition) is 3. The Morgan fingerprint density at radius 2 is 1.92 bits per heavy atom. The second kappa shape index (κ2) is 6.77. The normalized spacial score (nSPS) is 13.0. The van der Waals surface area contributed by atoms with Crippen molar-refractivity contribution >= 4 is 5.97 Å². The molecule has 78 valence electrons. The van der Waals surface area contributed by atoms with Gasteiger partial charge in [-0.1, -0.05) is 0 Å². The first kappa shape index (κ1) is 12.3. The Bertz CT molecular complexity index is 150. The Morgan fingerprint density at radius 1 is 1.31 bits per heavy atom. The third kappa shape index (κ3) is 5.52. The fraction of sp³-hybridized carbons (Fsp3) is 0.875. The maximum Gasteiger partial charge on any atom is 0.308 e. The van der Waals surface area contributed by atoms with Crippen LogP contribution in [0.25, 0.3) is 0 Å². The molecule has 0 bridgehead atoms. The molecule has 0 saturated carbocycles. The molecule has 0 aromatic carbocycles. The van der Waals surface area contributed by atoms with E-state index in [-0.39, 0.29) is 19.6 Å². The van der Waals surface area contributed by atoms with Crippen LogP contribution in [0.1, 0.15) is 20.3 Å². The van der Waals surface area contributed by atoms with Crippen molar-refractivity contribution in [2.24, 2.45) is 0 Å². The summed E-state index contributed by atoms with van der Waals surface area (Å²) >= 11 is 0. The highest BCUT2D eigenvalue weighted by Gasteiger charge is 2.24. The average Bonchev–Trinajstić information content (AvgIpc) is 2.04. The average molecular weight is 196 g/mol. The van der Waals surface area contributed by atoms with E-state index >= 15 is 0 Å². The lowest BCUT2D eigenvalue weighted by atomic mass is 10.2. The minimum absolute atomic E-state index is 0.161. The molecular formula is C8H14F2O3. The molecule has 0 aromatic heterocycles. The standard InChI is InChI=1S/C8H14F2O3/c1-3-12-6(8(9)10)5-7(11)13-4-2/h6,8H,3-5H2,1-2H3. The molecule has 0 heterocycles. The molecule has 0 N–H and O–H groups in total. The topological polar surface area (TPSA) is 35.5 Å². The summed E-state index contributed by atoms with van der Waals surface area (Å²) in [7, 11) is 0. The highest BCUT2D eigenvalue weighted by molar-refractivity contribution is 5.69. The number of halogens is 2. The lowest BCUT2D eigenvalue weighted by Crippen LogP contribution is -2.26. The van der Waals surface area contributed by atoms with Gasteiger partial charge in [-0.2, -0.15) is 0 Å². The monoisotopic (exact) mass is 196 g/mol. The molecule has 0 spiro atoms. The van der Waals surface area contributed by atoms with Gasteiger partial charge in [0.25, 0.3) is 6.43 Å². The van der Waals surface area contributed by atoms with Gasteiger partial charge in [-0.25, -0.2) is 8.78 Å². The van der Waals surface area contributed by atoms with Crippen LogP contribution < -0.4 is 0 Å². The van der Waals surface area contributed by atoms with Crippen LogP contribution in [0.5, 0.6) is 0 Å². The van der Waals surface area contributed by atoms with Crippen LogP contribution in [-0.2, 0) is 14.3 Å². The number of esters is 1. The van der Waals surface area contributed by atoms with Crippen molar-refractivity contribution in [3.63, 3.8) is 0 Å². The van der Waals surface area contributed by atoms with Gasteiger partial charge in [-0.3, -0.25) is 4.79 Å². The molecule has 0 aliphatic carbocycles. The first-order valence-electron chi connectivity index (χ1n) is 4.17. The van der Waals surface area contributed by atoms with Crippen molar-refractivity contribution < 1.29 is 23.0 Å². The van der Waals surface area contributed by atoms with E-state index in [0.717, 1.165) is 0 Å². The SMILES string of the molecule is CCOC(=O)CC(OCC)C(F)F. The predicted molar refractivity (Wildman–Crippen MR) is 42.7 cm³/mol. The fourth-order valence-electron chi connectivity index (χ4n) is 0.819. The van der Waals surface area contributed by atoms with Crippen molar-refractivity contribution in [1.82, 2.24) is 0 Å². The number of ether oxygens (including phenoxy) is 2. The molecule has 13 heavy (non-hydrogen) atoms. The number of carbonyl (C=O) groups is 1. The maximum absolute atomic E-state index is 12.2. The smallest absolute Gasteiger partial charge is 0.308 e. The Labute approximate surface area is 76.0 Å². The van der Waals surface area contributed by atoms with Crippen LogP contribution in [-0.4, -0.2) is 31.7 Å². The highest BCUT2D eigenvalue weighted by Crippen LogP contribution is 2.10. The second-order valence-electron chi connectivity index (χ2n) is 2.34.